The Hall–Kier alpha value is -2.04. The maximum atomic E-state index is 12.1. The summed E-state index contributed by atoms with van der Waals surface area (Å²) in [6.07, 6.45) is 0.697. The van der Waals surface area contributed by atoms with Gasteiger partial charge >= 0.3 is 5.97 Å². The molecule has 2 N–H and O–H groups in total. The third-order valence-corrected chi connectivity index (χ3v) is 3.93. The molecule has 0 radical (unpaired) electrons. The van der Waals surface area contributed by atoms with Crippen LogP contribution in [0.25, 0.3) is 0 Å². The van der Waals surface area contributed by atoms with E-state index in [1.807, 2.05) is 45.0 Å². The summed E-state index contributed by atoms with van der Waals surface area (Å²) in [4.78, 5) is 23.1. The second-order valence-corrected chi connectivity index (χ2v) is 5.94. The number of aliphatic carboxylic acids is 1. The number of rotatable bonds is 8. The summed E-state index contributed by atoms with van der Waals surface area (Å²) in [5.74, 6) is -0.572. The fourth-order valence-electron chi connectivity index (χ4n) is 2.14. The number of carboxylic acids is 1. The fourth-order valence-corrected chi connectivity index (χ4v) is 2.14. The van der Waals surface area contributed by atoms with Gasteiger partial charge in [-0.25, -0.2) is 0 Å². The first-order valence-corrected chi connectivity index (χ1v) is 7.52. The first kappa shape index (κ1) is 18.0. The summed E-state index contributed by atoms with van der Waals surface area (Å²) >= 11 is 0. The molecule has 0 spiro atoms. The standard InChI is InChI=1S/C17H25NO4/c1-5-13-8-6-7-9-14(13)22-11-15(19)18-17(4,12(2)3)10-16(20)21/h6-9,12H,5,10-11H2,1-4H3,(H,18,19)(H,20,21). The summed E-state index contributed by atoms with van der Waals surface area (Å²) in [6, 6.07) is 7.56. The largest absolute Gasteiger partial charge is 0.483 e. The number of nitrogens with one attached hydrogen (secondary N) is 1. The molecule has 1 atom stereocenters. The Balaban J connectivity index is 2.66. The van der Waals surface area contributed by atoms with Gasteiger partial charge in [-0.3, -0.25) is 9.59 Å². The van der Waals surface area contributed by atoms with E-state index in [0.29, 0.717) is 5.75 Å². The van der Waals surface area contributed by atoms with Crippen LogP contribution in [0.5, 0.6) is 5.75 Å². The highest BCUT2D eigenvalue weighted by atomic mass is 16.5. The average Bonchev–Trinajstić information content (AvgIpc) is 2.44. The van der Waals surface area contributed by atoms with Crippen molar-refractivity contribution in [3.8, 4) is 5.75 Å². The zero-order valence-electron chi connectivity index (χ0n) is 13.7. The van der Waals surface area contributed by atoms with Crippen LogP contribution in [0.4, 0.5) is 0 Å². The van der Waals surface area contributed by atoms with Gasteiger partial charge in [0.25, 0.3) is 5.91 Å². The molecule has 5 heteroatoms. The van der Waals surface area contributed by atoms with Crippen molar-refractivity contribution in [2.24, 2.45) is 5.92 Å². The topological polar surface area (TPSA) is 75.6 Å². The van der Waals surface area contributed by atoms with Crippen LogP contribution in [0.1, 0.15) is 39.7 Å². The quantitative estimate of drug-likeness (QED) is 0.774. The minimum absolute atomic E-state index is 0.00419. The molecule has 0 saturated heterocycles. The van der Waals surface area contributed by atoms with Crippen molar-refractivity contribution in [1.29, 1.82) is 0 Å². The maximum absolute atomic E-state index is 12.1. The molecule has 1 aromatic carbocycles. The van der Waals surface area contributed by atoms with E-state index in [1.165, 1.54) is 0 Å². The number of para-hydroxylation sites is 1. The molecular weight excluding hydrogens is 282 g/mol. The van der Waals surface area contributed by atoms with Crippen LogP contribution < -0.4 is 10.1 Å². The fraction of sp³-hybridized carbons (Fsp3) is 0.529. The minimum Gasteiger partial charge on any atom is -0.483 e. The Morgan fingerprint density at radius 1 is 1.32 bits per heavy atom. The summed E-state index contributed by atoms with van der Waals surface area (Å²) in [5.41, 5.74) is 0.240. The molecule has 0 aliphatic rings. The van der Waals surface area contributed by atoms with Gasteiger partial charge in [-0.15, -0.1) is 0 Å². The van der Waals surface area contributed by atoms with Crippen LogP contribution in [-0.2, 0) is 16.0 Å². The highest BCUT2D eigenvalue weighted by Gasteiger charge is 2.32. The molecular formula is C17H25NO4. The van der Waals surface area contributed by atoms with Crippen molar-refractivity contribution in [3.63, 3.8) is 0 Å². The number of amides is 1. The van der Waals surface area contributed by atoms with Crippen LogP contribution in [0.2, 0.25) is 0 Å². The van der Waals surface area contributed by atoms with Gasteiger partial charge in [0, 0.05) is 0 Å². The summed E-state index contributed by atoms with van der Waals surface area (Å²) in [7, 11) is 0. The first-order chi connectivity index (χ1) is 10.3. The van der Waals surface area contributed by atoms with Crippen molar-refractivity contribution in [2.75, 3.05) is 6.61 Å². The van der Waals surface area contributed by atoms with E-state index in [4.69, 9.17) is 9.84 Å². The number of carboxylic acid groups (broad SMARTS) is 1. The minimum atomic E-state index is -0.936. The number of carbonyl (C=O) groups excluding carboxylic acids is 1. The molecule has 1 amide bonds. The molecule has 5 nitrogen and oxygen atoms in total. The predicted molar refractivity (Wildman–Crippen MR) is 85.0 cm³/mol. The Morgan fingerprint density at radius 3 is 2.50 bits per heavy atom. The van der Waals surface area contributed by atoms with Gasteiger partial charge in [0.1, 0.15) is 5.75 Å². The molecule has 0 aliphatic heterocycles. The van der Waals surface area contributed by atoms with E-state index in [9.17, 15) is 9.59 Å². The smallest absolute Gasteiger partial charge is 0.305 e. The number of carbonyl (C=O) groups is 2. The number of hydrogen-bond donors (Lipinski definition) is 2. The zero-order chi connectivity index (χ0) is 16.8. The Bertz CT molecular complexity index is 527. The molecule has 1 rings (SSSR count). The van der Waals surface area contributed by atoms with Crippen molar-refractivity contribution in [1.82, 2.24) is 5.32 Å². The van der Waals surface area contributed by atoms with E-state index in [0.717, 1.165) is 12.0 Å². The number of ether oxygens (including phenoxy) is 1. The third kappa shape index (κ3) is 5.06. The second-order valence-electron chi connectivity index (χ2n) is 5.94. The lowest BCUT2D eigenvalue weighted by molar-refractivity contribution is -0.139. The van der Waals surface area contributed by atoms with Crippen LogP contribution >= 0.6 is 0 Å². The van der Waals surface area contributed by atoms with E-state index in [2.05, 4.69) is 5.32 Å². The van der Waals surface area contributed by atoms with Gasteiger partial charge in [0.2, 0.25) is 0 Å². The van der Waals surface area contributed by atoms with Gasteiger partial charge in [-0.1, -0.05) is 39.0 Å². The van der Waals surface area contributed by atoms with Gasteiger partial charge in [0.15, 0.2) is 6.61 Å². The molecule has 22 heavy (non-hydrogen) atoms. The first-order valence-electron chi connectivity index (χ1n) is 7.52. The summed E-state index contributed by atoms with van der Waals surface area (Å²) in [5, 5.41) is 11.8. The summed E-state index contributed by atoms with van der Waals surface area (Å²) < 4.78 is 5.56. The van der Waals surface area contributed by atoms with Gasteiger partial charge in [-0.05, 0) is 30.9 Å². The van der Waals surface area contributed by atoms with Crippen molar-refractivity contribution < 1.29 is 19.4 Å². The predicted octanol–water partition coefficient (Wildman–Crippen LogP) is 2.63. The highest BCUT2D eigenvalue weighted by molar-refractivity contribution is 5.79. The third-order valence-electron chi connectivity index (χ3n) is 3.93. The molecule has 0 saturated carbocycles. The van der Waals surface area contributed by atoms with Crippen molar-refractivity contribution in [3.05, 3.63) is 29.8 Å². The van der Waals surface area contributed by atoms with Gasteiger partial charge < -0.3 is 15.2 Å². The van der Waals surface area contributed by atoms with Gasteiger partial charge in [-0.2, -0.15) is 0 Å². The van der Waals surface area contributed by atoms with Crippen LogP contribution in [0.3, 0.4) is 0 Å². The van der Waals surface area contributed by atoms with E-state index >= 15 is 0 Å². The Labute approximate surface area is 131 Å². The van der Waals surface area contributed by atoms with E-state index in [-0.39, 0.29) is 24.9 Å². The normalized spacial score (nSPS) is 13.5. The molecule has 1 unspecified atom stereocenters. The van der Waals surface area contributed by atoms with Crippen molar-refractivity contribution in [2.45, 2.75) is 46.1 Å². The monoisotopic (exact) mass is 307 g/mol. The SMILES string of the molecule is CCc1ccccc1OCC(=O)NC(C)(CC(=O)O)C(C)C. The molecule has 0 fully saturated rings. The number of aryl methyl sites for hydroxylation is 1. The molecule has 1 aromatic rings. The Kier molecular flexibility index (Phi) is 6.40. The zero-order valence-corrected chi connectivity index (χ0v) is 13.7. The molecule has 0 aliphatic carbocycles. The molecule has 0 heterocycles. The average molecular weight is 307 g/mol. The lowest BCUT2D eigenvalue weighted by Crippen LogP contribution is -2.52. The molecule has 122 valence electrons. The second kappa shape index (κ2) is 7.82. The lowest BCUT2D eigenvalue weighted by Gasteiger charge is -2.33. The summed E-state index contributed by atoms with van der Waals surface area (Å²) in [6.45, 7) is 7.40. The molecule has 0 bridgehead atoms. The van der Waals surface area contributed by atoms with Gasteiger partial charge in [0.05, 0.1) is 12.0 Å². The highest BCUT2D eigenvalue weighted by Crippen LogP contribution is 2.21. The van der Waals surface area contributed by atoms with Crippen molar-refractivity contribution >= 4 is 11.9 Å². The number of benzene rings is 1. The van der Waals surface area contributed by atoms with Crippen LogP contribution in [-0.4, -0.2) is 29.1 Å². The van der Waals surface area contributed by atoms with Crippen LogP contribution in [0, 0.1) is 5.92 Å². The van der Waals surface area contributed by atoms with E-state index in [1.54, 1.807) is 6.92 Å². The van der Waals surface area contributed by atoms with E-state index < -0.39 is 11.5 Å². The Morgan fingerprint density at radius 2 is 1.95 bits per heavy atom. The lowest BCUT2D eigenvalue weighted by atomic mass is 9.85. The molecule has 0 aromatic heterocycles. The maximum Gasteiger partial charge on any atom is 0.305 e. The van der Waals surface area contributed by atoms with Crippen LogP contribution in [0.15, 0.2) is 24.3 Å². The number of hydrogen-bond acceptors (Lipinski definition) is 3.